The van der Waals surface area contributed by atoms with Gasteiger partial charge in [-0.3, -0.25) is 4.79 Å². The number of rotatable bonds is 8. The van der Waals surface area contributed by atoms with Crippen molar-refractivity contribution in [3.63, 3.8) is 0 Å². The topological polar surface area (TPSA) is 73.2 Å². The Hall–Kier alpha value is -3.26. The van der Waals surface area contributed by atoms with E-state index in [0.717, 1.165) is 18.7 Å². The number of hydrogen-bond acceptors (Lipinski definition) is 7. The average Bonchev–Trinajstić information content (AvgIpc) is 3.07. The van der Waals surface area contributed by atoms with Crippen LogP contribution in [0.4, 0.5) is 0 Å². The van der Waals surface area contributed by atoms with Crippen molar-refractivity contribution in [3.05, 3.63) is 54.0 Å². The van der Waals surface area contributed by atoms with Crippen molar-refractivity contribution < 1.29 is 23.8 Å². The first-order valence-corrected chi connectivity index (χ1v) is 9.94. The highest BCUT2D eigenvalue weighted by Gasteiger charge is 2.12. The number of nitrogens with zero attached hydrogens (tertiary/aromatic N) is 3. The molecule has 0 amide bonds. The maximum absolute atomic E-state index is 11.3. The van der Waals surface area contributed by atoms with Crippen molar-refractivity contribution >= 4 is 23.3 Å². The molecule has 0 bridgehead atoms. The lowest BCUT2D eigenvalue weighted by Crippen LogP contribution is -2.15. The Kier molecular flexibility index (Phi) is 9.14. The van der Waals surface area contributed by atoms with Crippen LogP contribution >= 0.6 is 0 Å². The molecule has 1 aliphatic heterocycles. The van der Waals surface area contributed by atoms with Crippen LogP contribution in [0.5, 0.6) is 5.75 Å². The number of fused-ring (bicyclic) bond motifs is 1. The smallest absolute Gasteiger partial charge is 0.338 e. The van der Waals surface area contributed by atoms with Crippen molar-refractivity contribution in [2.75, 3.05) is 41.6 Å². The van der Waals surface area contributed by atoms with Crippen molar-refractivity contribution in [2.24, 2.45) is 7.05 Å². The summed E-state index contributed by atoms with van der Waals surface area (Å²) in [6.45, 7) is 0.965. The number of carbonyl (C=O) groups excluding carboxylic acids is 2. The van der Waals surface area contributed by atoms with Crippen LogP contribution in [0.25, 0.3) is 10.9 Å². The van der Waals surface area contributed by atoms with E-state index in [2.05, 4.69) is 58.4 Å². The number of ether oxygens (including phenoxy) is 3. The summed E-state index contributed by atoms with van der Waals surface area (Å²) < 4.78 is 16.3. The molecule has 8 nitrogen and oxygen atoms in total. The number of benzene rings is 1. The van der Waals surface area contributed by atoms with E-state index in [1.807, 2.05) is 25.4 Å². The van der Waals surface area contributed by atoms with E-state index in [1.165, 1.54) is 16.5 Å². The first-order chi connectivity index (χ1) is 14.8. The second-order valence-corrected chi connectivity index (χ2v) is 7.42. The van der Waals surface area contributed by atoms with Crippen LogP contribution in [0.3, 0.4) is 0 Å². The van der Waals surface area contributed by atoms with Crippen molar-refractivity contribution in [1.82, 2.24) is 14.4 Å². The molecule has 3 rings (SSSR count). The minimum atomic E-state index is -0.469. The molecule has 168 valence electrons. The summed E-state index contributed by atoms with van der Waals surface area (Å²) >= 11 is 0. The zero-order valence-corrected chi connectivity index (χ0v) is 18.8. The van der Waals surface area contributed by atoms with Gasteiger partial charge in [0.05, 0.1) is 18.2 Å². The number of esters is 1. The molecule has 0 spiro atoms. The van der Waals surface area contributed by atoms with Gasteiger partial charge >= 0.3 is 5.97 Å². The Morgan fingerprint density at radius 2 is 2.03 bits per heavy atom. The van der Waals surface area contributed by atoms with Gasteiger partial charge in [-0.1, -0.05) is 6.08 Å². The fraction of sp³-hybridized carbons (Fsp3) is 0.391. The lowest BCUT2D eigenvalue weighted by Gasteiger charge is -2.15. The molecule has 1 aliphatic rings. The van der Waals surface area contributed by atoms with Crippen LogP contribution < -0.4 is 4.74 Å². The standard InChI is InChI=1S/C14H20N2O.C9H11NO4/c1-15(2)8-7-11-10-16(3)14-9-12(17-4)5-6-13(11)14;1-10-4-2-3-8(5-10)9(12)14-7-13-6-11/h5-6,9-10H,7-8H2,1-4H3;2,4-6H,3,7H2,1H3. The van der Waals surface area contributed by atoms with Gasteiger partial charge in [-0.05, 0) is 44.4 Å². The molecule has 0 radical (unpaired) electrons. The molecule has 1 aromatic heterocycles. The summed E-state index contributed by atoms with van der Waals surface area (Å²) in [5.74, 6) is 0.445. The Morgan fingerprint density at radius 1 is 1.26 bits per heavy atom. The van der Waals surface area contributed by atoms with Crippen LogP contribution in [0.2, 0.25) is 0 Å². The quantitative estimate of drug-likeness (QED) is 0.276. The van der Waals surface area contributed by atoms with Crippen molar-refractivity contribution in [3.8, 4) is 5.75 Å². The van der Waals surface area contributed by atoms with E-state index < -0.39 is 5.97 Å². The molecule has 1 aromatic carbocycles. The zero-order valence-electron chi connectivity index (χ0n) is 18.8. The van der Waals surface area contributed by atoms with Crippen LogP contribution in [-0.2, 0) is 32.5 Å². The van der Waals surface area contributed by atoms with Crippen molar-refractivity contribution in [2.45, 2.75) is 12.8 Å². The van der Waals surface area contributed by atoms with E-state index in [-0.39, 0.29) is 13.3 Å². The Bertz CT molecular complexity index is 946. The van der Waals surface area contributed by atoms with Crippen LogP contribution in [0.15, 0.2) is 48.4 Å². The number of hydrogen-bond donors (Lipinski definition) is 0. The summed E-state index contributed by atoms with van der Waals surface area (Å²) in [7, 11) is 9.81. The van der Waals surface area contributed by atoms with Gasteiger partial charge in [0.1, 0.15) is 5.75 Å². The lowest BCUT2D eigenvalue weighted by atomic mass is 10.1. The molecule has 0 atom stereocenters. The molecule has 2 heterocycles. The number of likely N-dealkylation sites (N-methyl/N-ethyl adjacent to an activating group) is 1. The fourth-order valence-corrected chi connectivity index (χ4v) is 3.15. The number of methoxy groups -OCH3 is 1. The van der Waals surface area contributed by atoms with Crippen LogP contribution in [0, 0.1) is 0 Å². The maximum atomic E-state index is 11.3. The van der Waals surface area contributed by atoms with Gasteiger partial charge in [0.2, 0.25) is 6.79 Å². The first kappa shape index (κ1) is 24.0. The summed E-state index contributed by atoms with van der Waals surface area (Å²) in [5, 5.41) is 1.33. The highest BCUT2D eigenvalue weighted by atomic mass is 16.7. The highest BCUT2D eigenvalue weighted by Crippen LogP contribution is 2.25. The second-order valence-electron chi connectivity index (χ2n) is 7.42. The van der Waals surface area contributed by atoms with E-state index in [4.69, 9.17) is 4.74 Å². The molecule has 0 aliphatic carbocycles. The highest BCUT2D eigenvalue weighted by molar-refractivity contribution is 5.88. The summed E-state index contributed by atoms with van der Waals surface area (Å²) in [6, 6.07) is 6.27. The van der Waals surface area contributed by atoms with Crippen molar-refractivity contribution in [1.29, 1.82) is 0 Å². The van der Waals surface area contributed by atoms with E-state index in [1.54, 1.807) is 18.2 Å². The third-order valence-electron chi connectivity index (χ3n) is 4.73. The van der Waals surface area contributed by atoms with E-state index in [0.29, 0.717) is 12.0 Å². The summed E-state index contributed by atoms with van der Waals surface area (Å²) in [6.07, 6.45) is 9.19. The second kappa shape index (κ2) is 11.8. The normalized spacial score (nSPS) is 12.8. The molecule has 8 heteroatoms. The fourth-order valence-electron chi connectivity index (χ4n) is 3.15. The number of aryl methyl sites for hydroxylation is 1. The summed E-state index contributed by atoms with van der Waals surface area (Å²) in [5.41, 5.74) is 3.17. The van der Waals surface area contributed by atoms with E-state index >= 15 is 0 Å². The Morgan fingerprint density at radius 3 is 2.68 bits per heavy atom. The monoisotopic (exact) mass is 429 g/mol. The molecule has 0 fully saturated rings. The van der Waals surface area contributed by atoms with Crippen LogP contribution in [0.1, 0.15) is 12.0 Å². The van der Waals surface area contributed by atoms with Gasteiger partial charge in [0.15, 0.2) is 0 Å². The Labute approximate surface area is 183 Å². The van der Waals surface area contributed by atoms with Gasteiger partial charge in [-0.15, -0.1) is 0 Å². The van der Waals surface area contributed by atoms with Gasteiger partial charge in [0, 0.05) is 50.9 Å². The van der Waals surface area contributed by atoms with Gasteiger partial charge < -0.3 is 28.6 Å². The number of aromatic nitrogens is 1. The van der Waals surface area contributed by atoms with Crippen LogP contribution in [-0.4, -0.2) is 68.4 Å². The number of allylic oxidation sites excluding steroid dienone is 1. The van der Waals surface area contributed by atoms with Gasteiger partial charge in [-0.2, -0.15) is 0 Å². The predicted molar refractivity (Wildman–Crippen MR) is 119 cm³/mol. The third-order valence-corrected chi connectivity index (χ3v) is 4.73. The maximum Gasteiger partial charge on any atom is 0.338 e. The summed E-state index contributed by atoms with van der Waals surface area (Å²) in [4.78, 5) is 25.0. The zero-order chi connectivity index (χ0) is 22.8. The minimum Gasteiger partial charge on any atom is -0.497 e. The molecule has 0 saturated heterocycles. The SMILES string of the molecule is CN1C=CCC(C(=O)OCOC=O)=C1.COc1ccc2c(CCN(C)C)cn(C)c2c1. The Balaban J connectivity index is 0.000000225. The molecular formula is C23H31N3O5. The molecular weight excluding hydrogens is 398 g/mol. The minimum absolute atomic E-state index is 0.231. The first-order valence-electron chi connectivity index (χ1n) is 9.94. The molecule has 31 heavy (non-hydrogen) atoms. The molecule has 0 N–H and O–H groups in total. The lowest BCUT2D eigenvalue weighted by molar-refractivity contribution is -0.156. The van der Waals surface area contributed by atoms with E-state index in [9.17, 15) is 9.59 Å². The predicted octanol–water partition coefficient (Wildman–Crippen LogP) is 2.68. The van der Waals surface area contributed by atoms with Gasteiger partial charge in [-0.25, -0.2) is 4.79 Å². The number of carbonyl (C=O) groups is 2. The van der Waals surface area contributed by atoms with Gasteiger partial charge in [0.25, 0.3) is 6.47 Å². The third kappa shape index (κ3) is 7.18. The average molecular weight is 430 g/mol. The molecule has 0 saturated carbocycles. The largest absolute Gasteiger partial charge is 0.497 e. The molecule has 2 aromatic rings. The molecule has 0 unspecified atom stereocenters.